The van der Waals surface area contributed by atoms with Crippen LogP contribution in [0.15, 0.2) is 0 Å². The van der Waals surface area contributed by atoms with Crippen LogP contribution in [0.1, 0.15) is 19.8 Å². The number of carbonyl (C=O) groups is 1. The summed E-state index contributed by atoms with van der Waals surface area (Å²) in [5.41, 5.74) is 0. The third kappa shape index (κ3) is 2.69. The lowest BCUT2D eigenvalue weighted by Crippen LogP contribution is -2.27. The van der Waals surface area contributed by atoms with Gasteiger partial charge in [-0.05, 0) is 25.3 Å². The van der Waals surface area contributed by atoms with Crippen LogP contribution < -0.4 is 5.32 Å². The summed E-state index contributed by atoms with van der Waals surface area (Å²) in [5.74, 6) is 0.358. The molecule has 15 heavy (non-hydrogen) atoms. The van der Waals surface area contributed by atoms with Gasteiger partial charge in [-0.25, -0.2) is 0 Å². The molecule has 0 spiro atoms. The van der Waals surface area contributed by atoms with E-state index in [4.69, 9.17) is 9.47 Å². The maximum Gasteiger partial charge on any atom is 0.310 e. The summed E-state index contributed by atoms with van der Waals surface area (Å²) in [6, 6.07) is 0. The molecule has 2 fully saturated rings. The Kier molecular flexibility index (Phi) is 3.59. The minimum absolute atomic E-state index is 0.0337. The molecular formula is C11H19NO3. The van der Waals surface area contributed by atoms with Crippen molar-refractivity contribution < 1.29 is 14.3 Å². The van der Waals surface area contributed by atoms with E-state index in [1.807, 2.05) is 0 Å². The predicted octanol–water partition coefficient (Wildman–Crippen LogP) is 0.564. The van der Waals surface area contributed by atoms with Gasteiger partial charge in [-0.1, -0.05) is 6.92 Å². The van der Waals surface area contributed by atoms with Gasteiger partial charge in [0.1, 0.15) is 6.61 Å². The average Bonchev–Trinajstić information content (AvgIpc) is 2.84. The molecule has 1 N–H and O–H groups in total. The van der Waals surface area contributed by atoms with Gasteiger partial charge in [-0.3, -0.25) is 4.79 Å². The van der Waals surface area contributed by atoms with E-state index in [2.05, 4.69) is 12.2 Å². The van der Waals surface area contributed by atoms with Crippen molar-refractivity contribution in [1.82, 2.24) is 5.32 Å². The molecule has 86 valence electrons. The van der Waals surface area contributed by atoms with Gasteiger partial charge in [0, 0.05) is 13.2 Å². The van der Waals surface area contributed by atoms with E-state index >= 15 is 0 Å². The molecule has 0 radical (unpaired) electrons. The van der Waals surface area contributed by atoms with Crippen molar-refractivity contribution in [3.05, 3.63) is 0 Å². The molecule has 4 nitrogen and oxygen atoms in total. The Morgan fingerprint density at radius 3 is 3.00 bits per heavy atom. The molecule has 3 unspecified atom stereocenters. The second kappa shape index (κ2) is 4.94. The highest BCUT2D eigenvalue weighted by Gasteiger charge is 2.31. The monoisotopic (exact) mass is 213 g/mol. The Labute approximate surface area is 90.3 Å². The Morgan fingerprint density at radius 1 is 1.53 bits per heavy atom. The largest absolute Gasteiger partial charge is 0.463 e. The van der Waals surface area contributed by atoms with Gasteiger partial charge >= 0.3 is 5.97 Å². The normalized spacial score (nSPS) is 35.7. The van der Waals surface area contributed by atoms with Crippen molar-refractivity contribution in [2.24, 2.45) is 11.8 Å². The van der Waals surface area contributed by atoms with E-state index in [-0.39, 0.29) is 18.0 Å². The molecule has 2 heterocycles. The van der Waals surface area contributed by atoms with E-state index in [9.17, 15) is 4.79 Å². The number of hydrogen-bond donors (Lipinski definition) is 1. The zero-order valence-electron chi connectivity index (χ0n) is 9.20. The Morgan fingerprint density at radius 2 is 2.40 bits per heavy atom. The number of nitrogens with one attached hydrogen (secondary N) is 1. The summed E-state index contributed by atoms with van der Waals surface area (Å²) in [6.45, 7) is 4.99. The van der Waals surface area contributed by atoms with E-state index < -0.39 is 0 Å². The van der Waals surface area contributed by atoms with Crippen molar-refractivity contribution in [3.63, 3.8) is 0 Å². The zero-order chi connectivity index (χ0) is 10.7. The SMILES string of the molecule is CC1CNCC1C(=O)OCC1CCCO1. The van der Waals surface area contributed by atoms with Crippen LogP contribution in [0.25, 0.3) is 0 Å². The molecule has 0 saturated carbocycles. The molecule has 4 heteroatoms. The topological polar surface area (TPSA) is 47.6 Å². The van der Waals surface area contributed by atoms with Crippen LogP contribution in [0.3, 0.4) is 0 Å². The summed E-state index contributed by atoms with van der Waals surface area (Å²) in [7, 11) is 0. The highest BCUT2D eigenvalue weighted by atomic mass is 16.6. The lowest BCUT2D eigenvalue weighted by atomic mass is 9.99. The summed E-state index contributed by atoms with van der Waals surface area (Å²) >= 11 is 0. The standard InChI is InChI=1S/C11H19NO3/c1-8-5-12-6-10(8)11(13)15-7-9-3-2-4-14-9/h8-10,12H,2-7H2,1H3. The molecule has 2 aliphatic heterocycles. The van der Waals surface area contributed by atoms with Crippen molar-refractivity contribution in [3.8, 4) is 0 Å². The van der Waals surface area contributed by atoms with E-state index in [1.54, 1.807) is 0 Å². The summed E-state index contributed by atoms with van der Waals surface area (Å²) in [4.78, 5) is 11.7. The van der Waals surface area contributed by atoms with Gasteiger partial charge < -0.3 is 14.8 Å². The van der Waals surface area contributed by atoms with Crippen LogP contribution in [-0.2, 0) is 14.3 Å². The van der Waals surface area contributed by atoms with Gasteiger partial charge in [0.15, 0.2) is 0 Å². The summed E-state index contributed by atoms with van der Waals surface area (Å²) in [6.07, 6.45) is 2.24. The molecule has 2 rings (SSSR count). The molecular weight excluding hydrogens is 194 g/mol. The Bertz CT molecular complexity index is 226. The quantitative estimate of drug-likeness (QED) is 0.696. The predicted molar refractivity (Wildman–Crippen MR) is 55.5 cm³/mol. The first-order chi connectivity index (χ1) is 7.27. The Balaban J connectivity index is 1.71. The number of carbonyl (C=O) groups excluding carboxylic acids is 1. The number of esters is 1. The van der Waals surface area contributed by atoms with E-state index in [1.165, 1.54) is 0 Å². The van der Waals surface area contributed by atoms with E-state index in [0.29, 0.717) is 12.5 Å². The average molecular weight is 213 g/mol. The van der Waals surface area contributed by atoms with Gasteiger partial charge in [-0.15, -0.1) is 0 Å². The van der Waals surface area contributed by atoms with Gasteiger partial charge in [-0.2, -0.15) is 0 Å². The molecule has 2 aliphatic rings. The molecule has 3 atom stereocenters. The first-order valence-corrected chi connectivity index (χ1v) is 5.76. The maximum atomic E-state index is 11.7. The van der Waals surface area contributed by atoms with Crippen LogP contribution in [0.5, 0.6) is 0 Å². The van der Waals surface area contributed by atoms with Crippen LogP contribution in [0, 0.1) is 11.8 Å². The van der Waals surface area contributed by atoms with Crippen LogP contribution in [0.4, 0.5) is 0 Å². The fraction of sp³-hybridized carbons (Fsp3) is 0.909. The van der Waals surface area contributed by atoms with E-state index in [0.717, 1.165) is 32.5 Å². The van der Waals surface area contributed by atoms with Crippen LogP contribution >= 0.6 is 0 Å². The van der Waals surface area contributed by atoms with Crippen LogP contribution in [-0.4, -0.2) is 38.4 Å². The lowest BCUT2D eigenvalue weighted by molar-refractivity contribution is -0.152. The number of ether oxygens (including phenoxy) is 2. The molecule has 0 aliphatic carbocycles. The Hall–Kier alpha value is -0.610. The molecule has 0 aromatic carbocycles. The fourth-order valence-corrected chi connectivity index (χ4v) is 2.18. The molecule has 2 saturated heterocycles. The fourth-order valence-electron chi connectivity index (χ4n) is 2.18. The second-order valence-electron chi connectivity index (χ2n) is 4.51. The third-order valence-corrected chi connectivity index (χ3v) is 3.26. The van der Waals surface area contributed by atoms with Crippen molar-refractivity contribution in [2.45, 2.75) is 25.9 Å². The van der Waals surface area contributed by atoms with Gasteiger partial charge in [0.25, 0.3) is 0 Å². The molecule has 0 aromatic rings. The molecule has 0 bridgehead atoms. The highest BCUT2D eigenvalue weighted by molar-refractivity contribution is 5.73. The lowest BCUT2D eigenvalue weighted by Gasteiger charge is -2.15. The first-order valence-electron chi connectivity index (χ1n) is 5.76. The zero-order valence-corrected chi connectivity index (χ0v) is 9.20. The minimum atomic E-state index is -0.0667. The van der Waals surface area contributed by atoms with Crippen molar-refractivity contribution in [1.29, 1.82) is 0 Å². The minimum Gasteiger partial charge on any atom is -0.463 e. The first kappa shape index (κ1) is 10.9. The van der Waals surface area contributed by atoms with Gasteiger partial charge in [0.2, 0.25) is 0 Å². The molecule has 0 amide bonds. The van der Waals surface area contributed by atoms with Crippen LogP contribution in [0.2, 0.25) is 0 Å². The third-order valence-electron chi connectivity index (χ3n) is 3.26. The summed E-state index contributed by atoms with van der Waals surface area (Å²) in [5, 5.41) is 3.20. The smallest absolute Gasteiger partial charge is 0.310 e. The number of rotatable bonds is 3. The molecule has 0 aromatic heterocycles. The van der Waals surface area contributed by atoms with Crippen molar-refractivity contribution in [2.75, 3.05) is 26.3 Å². The van der Waals surface area contributed by atoms with Crippen molar-refractivity contribution >= 4 is 5.97 Å². The summed E-state index contributed by atoms with van der Waals surface area (Å²) < 4.78 is 10.7. The van der Waals surface area contributed by atoms with Gasteiger partial charge in [0.05, 0.1) is 12.0 Å². The maximum absolute atomic E-state index is 11.7. The highest BCUT2D eigenvalue weighted by Crippen LogP contribution is 2.18. The number of hydrogen-bond acceptors (Lipinski definition) is 4. The second-order valence-corrected chi connectivity index (χ2v) is 4.51.